The van der Waals surface area contributed by atoms with Gasteiger partial charge in [-0.25, -0.2) is 0 Å². The lowest BCUT2D eigenvalue weighted by atomic mass is 10.0. The fraction of sp³-hybridized carbons (Fsp3) is 1.00. The zero-order chi connectivity index (χ0) is 8.27. The zero-order valence-electron chi connectivity index (χ0n) is 8.14. The van der Waals surface area contributed by atoms with Crippen molar-refractivity contribution >= 4 is 8.96 Å². The van der Waals surface area contributed by atoms with E-state index in [2.05, 4.69) is 24.6 Å². The van der Waals surface area contributed by atoms with Gasteiger partial charge in [-0.05, 0) is 25.8 Å². The van der Waals surface area contributed by atoms with E-state index in [0.717, 1.165) is 6.04 Å². The van der Waals surface area contributed by atoms with E-state index >= 15 is 0 Å². The molecule has 0 aliphatic carbocycles. The molecule has 0 aromatic heterocycles. The fourth-order valence-corrected chi connectivity index (χ4v) is 4.04. The molecule has 1 nitrogen and oxygen atoms in total. The summed E-state index contributed by atoms with van der Waals surface area (Å²) in [6, 6.07) is 0.940. The molecule has 1 unspecified atom stereocenters. The van der Waals surface area contributed by atoms with Crippen LogP contribution in [0.2, 0.25) is 13.1 Å². The Bertz CT molecular complexity index is 114. The molecule has 0 saturated carbocycles. The number of hydrogen-bond acceptors (Lipinski definition) is 1. The van der Waals surface area contributed by atoms with Gasteiger partial charge in [0.1, 0.15) is 8.96 Å². The van der Waals surface area contributed by atoms with Gasteiger partial charge in [0.2, 0.25) is 0 Å². The molecule has 1 fully saturated rings. The molecule has 0 N–H and O–H groups in total. The molecule has 0 aromatic rings. The molecular weight excluding hydrogens is 150 g/mol. The fourth-order valence-electron chi connectivity index (χ4n) is 2.14. The first-order chi connectivity index (χ1) is 5.25. The Labute approximate surface area is 72.5 Å². The third-order valence-corrected chi connectivity index (χ3v) is 4.81. The summed E-state index contributed by atoms with van der Waals surface area (Å²) in [6.45, 7) is 8.63. The maximum absolute atomic E-state index is 2.80. The number of nitrogens with zero attached hydrogens (tertiary/aromatic N) is 1. The van der Waals surface area contributed by atoms with Crippen LogP contribution in [0, 0.1) is 0 Å². The molecule has 0 aromatic carbocycles. The highest BCUT2D eigenvalue weighted by atomic mass is 28.3. The minimum absolute atomic E-state index is 0.494. The van der Waals surface area contributed by atoms with Crippen LogP contribution >= 0.6 is 0 Å². The van der Waals surface area contributed by atoms with Gasteiger partial charge in [0, 0.05) is 6.04 Å². The highest BCUT2D eigenvalue weighted by Crippen LogP contribution is 2.20. The maximum atomic E-state index is 2.80. The SMILES string of the molecule is CCC1CCCCN1[SiH](C)C. The smallest absolute Gasteiger partial charge is 0.106 e. The van der Waals surface area contributed by atoms with Gasteiger partial charge in [0.15, 0.2) is 0 Å². The molecule has 1 atom stereocenters. The molecule has 0 amide bonds. The summed E-state index contributed by atoms with van der Waals surface area (Å²) < 4.78 is 2.80. The monoisotopic (exact) mass is 171 g/mol. The lowest BCUT2D eigenvalue weighted by Crippen LogP contribution is -2.45. The summed E-state index contributed by atoms with van der Waals surface area (Å²) in [5.74, 6) is 0. The molecule has 1 aliphatic rings. The summed E-state index contributed by atoms with van der Waals surface area (Å²) in [5.41, 5.74) is 0. The van der Waals surface area contributed by atoms with Crippen molar-refractivity contribution in [3.8, 4) is 0 Å². The van der Waals surface area contributed by atoms with Crippen molar-refractivity contribution in [1.82, 2.24) is 4.57 Å². The summed E-state index contributed by atoms with van der Waals surface area (Å²) in [6.07, 6.45) is 5.74. The van der Waals surface area contributed by atoms with Crippen molar-refractivity contribution in [2.75, 3.05) is 6.54 Å². The van der Waals surface area contributed by atoms with Crippen LogP contribution in [0.15, 0.2) is 0 Å². The van der Waals surface area contributed by atoms with Crippen molar-refractivity contribution in [3.63, 3.8) is 0 Å². The lowest BCUT2D eigenvalue weighted by molar-refractivity contribution is 0.246. The van der Waals surface area contributed by atoms with Crippen molar-refractivity contribution in [2.45, 2.75) is 51.7 Å². The Kier molecular flexibility index (Phi) is 3.59. The van der Waals surface area contributed by atoms with Gasteiger partial charge in [-0.1, -0.05) is 26.4 Å². The second kappa shape index (κ2) is 4.26. The summed E-state index contributed by atoms with van der Waals surface area (Å²) >= 11 is 0. The van der Waals surface area contributed by atoms with E-state index < -0.39 is 8.96 Å². The first-order valence-corrected chi connectivity index (χ1v) is 7.84. The highest BCUT2D eigenvalue weighted by Gasteiger charge is 2.22. The molecule has 0 spiro atoms. The Balaban J connectivity index is 2.44. The molecular formula is C9H21NSi. The van der Waals surface area contributed by atoms with Crippen LogP contribution in [-0.4, -0.2) is 26.1 Å². The Hall–Kier alpha value is 0.177. The third-order valence-electron chi connectivity index (χ3n) is 2.81. The predicted molar refractivity (Wildman–Crippen MR) is 53.5 cm³/mol. The standard InChI is InChI=1S/C9H21NSi/c1-4-9-7-5-6-8-10(9)11(2)3/h9,11H,4-8H2,1-3H3. The minimum Gasteiger partial charge on any atom is -0.324 e. The van der Waals surface area contributed by atoms with E-state index in [4.69, 9.17) is 0 Å². The zero-order valence-corrected chi connectivity index (χ0v) is 9.29. The highest BCUT2D eigenvalue weighted by molar-refractivity contribution is 6.52. The van der Waals surface area contributed by atoms with Crippen LogP contribution in [0.1, 0.15) is 32.6 Å². The molecule has 0 bridgehead atoms. The normalized spacial score (nSPS) is 27.8. The summed E-state index contributed by atoms with van der Waals surface area (Å²) in [7, 11) is -0.494. The van der Waals surface area contributed by atoms with Crippen LogP contribution in [0.25, 0.3) is 0 Å². The van der Waals surface area contributed by atoms with Crippen molar-refractivity contribution in [2.24, 2.45) is 0 Å². The van der Waals surface area contributed by atoms with Crippen molar-refractivity contribution in [3.05, 3.63) is 0 Å². The second-order valence-electron chi connectivity index (χ2n) is 3.89. The molecule has 1 heterocycles. The molecule has 1 aliphatic heterocycles. The average molecular weight is 171 g/mol. The Morgan fingerprint density at radius 2 is 2.09 bits per heavy atom. The van der Waals surface area contributed by atoms with Crippen LogP contribution in [-0.2, 0) is 0 Å². The van der Waals surface area contributed by atoms with E-state index in [1.165, 1.54) is 32.2 Å². The first-order valence-electron chi connectivity index (χ1n) is 5.01. The Morgan fingerprint density at radius 3 is 2.55 bits per heavy atom. The lowest BCUT2D eigenvalue weighted by Gasteiger charge is -2.37. The van der Waals surface area contributed by atoms with Crippen LogP contribution in [0.3, 0.4) is 0 Å². The number of hydrogen-bond donors (Lipinski definition) is 0. The maximum Gasteiger partial charge on any atom is 0.106 e. The van der Waals surface area contributed by atoms with Gasteiger partial charge in [-0.3, -0.25) is 0 Å². The number of rotatable bonds is 2. The van der Waals surface area contributed by atoms with Crippen molar-refractivity contribution in [1.29, 1.82) is 0 Å². The van der Waals surface area contributed by atoms with Crippen molar-refractivity contribution < 1.29 is 0 Å². The van der Waals surface area contributed by atoms with Gasteiger partial charge in [0.05, 0.1) is 0 Å². The van der Waals surface area contributed by atoms with Crippen LogP contribution in [0.4, 0.5) is 0 Å². The molecule has 11 heavy (non-hydrogen) atoms. The third kappa shape index (κ3) is 2.31. The molecule has 2 heteroatoms. The summed E-state index contributed by atoms with van der Waals surface area (Å²) in [4.78, 5) is 0. The van der Waals surface area contributed by atoms with Crippen LogP contribution < -0.4 is 0 Å². The van der Waals surface area contributed by atoms with Gasteiger partial charge in [-0.15, -0.1) is 0 Å². The van der Waals surface area contributed by atoms with E-state index in [9.17, 15) is 0 Å². The molecule has 1 rings (SSSR count). The van der Waals surface area contributed by atoms with Gasteiger partial charge in [0.25, 0.3) is 0 Å². The van der Waals surface area contributed by atoms with E-state index in [1.807, 2.05) is 0 Å². The Morgan fingerprint density at radius 1 is 1.36 bits per heavy atom. The predicted octanol–water partition coefficient (Wildman–Crippen LogP) is 2.23. The quantitative estimate of drug-likeness (QED) is 0.576. The molecule has 1 saturated heterocycles. The molecule has 66 valence electrons. The van der Waals surface area contributed by atoms with Gasteiger partial charge in [-0.2, -0.15) is 0 Å². The second-order valence-corrected chi connectivity index (χ2v) is 6.74. The minimum atomic E-state index is -0.494. The van der Waals surface area contributed by atoms with E-state index in [-0.39, 0.29) is 0 Å². The van der Waals surface area contributed by atoms with Crippen LogP contribution in [0.5, 0.6) is 0 Å². The summed E-state index contributed by atoms with van der Waals surface area (Å²) in [5, 5.41) is 0. The largest absolute Gasteiger partial charge is 0.324 e. The van der Waals surface area contributed by atoms with Gasteiger partial charge >= 0.3 is 0 Å². The number of piperidine rings is 1. The first kappa shape index (κ1) is 9.27. The average Bonchev–Trinajstić information content (AvgIpc) is 2.04. The van der Waals surface area contributed by atoms with Gasteiger partial charge < -0.3 is 4.57 Å². The topological polar surface area (TPSA) is 3.24 Å². The van der Waals surface area contributed by atoms with E-state index in [1.54, 1.807) is 0 Å². The molecule has 0 radical (unpaired) electrons. The van der Waals surface area contributed by atoms with E-state index in [0.29, 0.717) is 0 Å².